The predicted octanol–water partition coefficient (Wildman–Crippen LogP) is 2.31. The van der Waals surface area contributed by atoms with E-state index in [0.717, 1.165) is 18.7 Å². The lowest BCUT2D eigenvalue weighted by Crippen LogP contribution is -2.39. The molecule has 3 nitrogen and oxygen atoms in total. The predicted molar refractivity (Wildman–Crippen MR) is 75.6 cm³/mol. The fourth-order valence-electron chi connectivity index (χ4n) is 2.60. The van der Waals surface area contributed by atoms with Crippen molar-refractivity contribution in [1.82, 2.24) is 4.90 Å². The second-order valence-electron chi connectivity index (χ2n) is 5.15. The third-order valence-electron chi connectivity index (χ3n) is 3.72. The Morgan fingerprint density at radius 3 is 2.83 bits per heavy atom. The molecule has 2 N–H and O–H groups in total. The monoisotopic (exact) mass is 248 g/mol. The van der Waals surface area contributed by atoms with Gasteiger partial charge in [-0.1, -0.05) is 12.1 Å². The molecule has 1 aromatic carbocycles. The zero-order chi connectivity index (χ0) is 12.8. The highest BCUT2D eigenvalue weighted by Crippen LogP contribution is 2.14. The summed E-state index contributed by atoms with van der Waals surface area (Å²) in [5.74, 6) is 0. The second-order valence-corrected chi connectivity index (χ2v) is 5.15. The van der Waals surface area contributed by atoms with E-state index in [-0.39, 0.29) is 0 Å². The molecule has 0 aromatic heterocycles. The number of benzene rings is 1. The van der Waals surface area contributed by atoms with E-state index >= 15 is 0 Å². The summed E-state index contributed by atoms with van der Waals surface area (Å²) < 4.78 is 5.44. The fraction of sp³-hybridized carbons (Fsp3) is 0.600. The quantitative estimate of drug-likeness (QED) is 0.813. The number of hydrogen-bond acceptors (Lipinski definition) is 3. The summed E-state index contributed by atoms with van der Waals surface area (Å²) in [4.78, 5) is 2.52. The smallest absolute Gasteiger partial charge is 0.0698 e. The van der Waals surface area contributed by atoms with E-state index in [0.29, 0.717) is 6.10 Å². The number of methoxy groups -OCH3 is 1. The molecule has 1 aliphatic heterocycles. The summed E-state index contributed by atoms with van der Waals surface area (Å²) in [5, 5.41) is 0. The summed E-state index contributed by atoms with van der Waals surface area (Å²) in [7, 11) is 1.82. The molecule has 1 aliphatic rings. The third-order valence-corrected chi connectivity index (χ3v) is 3.72. The molecule has 1 saturated heterocycles. The van der Waals surface area contributed by atoms with Crippen LogP contribution in [0.3, 0.4) is 0 Å². The number of anilines is 1. The zero-order valence-electron chi connectivity index (χ0n) is 11.3. The molecule has 18 heavy (non-hydrogen) atoms. The Balaban J connectivity index is 1.70. The van der Waals surface area contributed by atoms with Crippen LogP contribution in [0.4, 0.5) is 5.69 Å². The van der Waals surface area contributed by atoms with Crippen molar-refractivity contribution in [3.05, 3.63) is 29.8 Å². The third kappa shape index (κ3) is 4.00. The van der Waals surface area contributed by atoms with Gasteiger partial charge >= 0.3 is 0 Å². The van der Waals surface area contributed by atoms with Crippen LogP contribution in [0.2, 0.25) is 0 Å². The number of likely N-dealkylation sites (tertiary alicyclic amines) is 1. The van der Waals surface area contributed by atoms with Gasteiger partial charge in [0.1, 0.15) is 0 Å². The molecule has 0 saturated carbocycles. The van der Waals surface area contributed by atoms with Crippen molar-refractivity contribution in [2.45, 2.75) is 31.8 Å². The normalized spacial score (nSPS) is 21.1. The minimum Gasteiger partial charge on any atom is -0.399 e. The number of rotatable bonds is 5. The van der Waals surface area contributed by atoms with Gasteiger partial charge in [0, 0.05) is 19.3 Å². The second kappa shape index (κ2) is 6.76. The minimum atomic E-state index is 0.440. The molecule has 2 rings (SSSR count). The SMILES string of the molecule is COC1CCCN(CCCc2ccc(N)cc2)C1. The van der Waals surface area contributed by atoms with Gasteiger partial charge in [-0.05, 0) is 56.5 Å². The van der Waals surface area contributed by atoms with Crippen LogP contribution in [0.1, 0.15) is 24.8 Å². The topological polar surface area (TPSA) is 38.5 Å². The first-order chi connectivity index (χ1) is 8.78. The number of nitrogen functional groups attached to an aromatic ring is 1. The minimum absolute atomic E-state index is 0.440. The Morgan fingerprint density at radius 2 is 2.11 bits per heavy atom. The lowest BCUT2D eigenvalue weighted by Gasteiger charge is -2.31. The van der Waals surface area contributed by atoms with E-state index in [2.05, 4.69) is 17.0 Å². The molecule has 0 spiro atoms. The first-order valence-corrected chi connectivity index (χ1v) is 6.87. The van der Waals surface area contributed by atoms with Crippen LogP contribution in [0.25, 0.3) is 0 Å². The molecule has 1 heterocycles. The Bertz CT molecular complexity index is 350. The average molecular weight is 248 g/mol. The van der Waals surface area contributed by atoms with Gasteiger partial charge in [-0.3, -0.25) is 0 Å². The molecule has 100 valence electrons. The maximum Gasteiger partial charge on any atom is 0.0698 e. The molecule has 1 aromatic rings. The largest absolute Gasteiger partial charge is 0.399 e. The molecule has 1 fully saturated rings. The van der Waals surface area contributed by atoms with Crippen molar-refractivity contribution in [3.8, 4) is 0 Å². The van der Waals surface area contributed by atoms with Crippen LogP contribution < -0.4 is 5.73 Å². The first-order valence-electron chi connectivity index (χ1n) is 6.87. The lowest BCUT2D eigenvalue weighted by molar-refractivity contribution is 0.0311. The molecular formula is C15H24N2O. The Labute approximate surface area is 110 Å². The van der Waals surface area contributed by atoms with Gasteiger partial charge < -0.3 is 15.4 Å². The van der Waals surface area contributed by atoms with Crippen LogP contribution in [-0.4, -0.2) is 37.7 Å². The number of piperidine rings is 1. The Morgan fingerprint density at radius 1 is 1.33 bits per heavy atom. The Kier molecular flexibility index (Phi) is 5.02. The number of ether oxygens (including phenoxy) is 1. The maximum atomic E-state index is 5.68. The van der Waals surface area contributed by atoms with Crippen molar-refractivity contribution < 1.29 is 4.74 Å². The van der Waals surface area contributed by atoms with Gasteiger partial charge in [0.25, 0.3) is 0 Å². The maximum absolute atomic E-state index is 5.68. The number of nitrogens with two attached hydrogens (primary N) is 1. The lowest BCUT2D eigenvalue weighted by atomic mass is 10.1. The molecule has 1 unspecified atom stereocenters. The molecule has 0 amide bonds. The molecular weight excluding hydrogens is 224 g/mol. The molecule has 3 heteroatoms. The molecule has 1 atom stereocenters. The van der Waals surface area contributed by atoms with E-state index < -0.39 is 0 Å². The highest BCUT2D eigenvalue weighted by molar-refractivity contribution is 5.39. The van der Waals surface area contributed by atoms with E-state index in [1.165, 1.54) is 37.9 Å². The summed E-state index contributed by atoms with van der Waals surface area (Å²) in [5.41, 5.74) is 7.90. The van der Waals surface area contributed by atoms with Gasteiger partial charge in [-0.25, -0.2) is 0 Å². The van der Waals surface area contributed by atoms with Crippen LogP contribution >= 0.6 is 0 Å². The van der Waals surface area contributed by atoms with Gasteiger partial charge in [0.2, 0.25) is 0 Å². The summed E-state index contributed by atoms with van der Waals surface area (Å²) >= 11 is 0. The van der Waals surface area contributed by atoms with Crippen LogP contribution in [0, 0.1) is 0 Å². The average Bonchev–Trinajstić information content (AvgIpc) is 2.41. The van der Waals surface area contributed by atoms with Crippen molar-refractivity contribution >= 4 is 5.69 Å². The van der Waals surface area contributed by atoms with Gasteiger partial charge in [0.15, 0.2) is 0 Å². The van der Waals surface area contributed by atoms with Gasteiger partial charge in [0.05, 0.1) is 6.10 Å². The fourth-order valence-corrected chi connectivity index (χ4v) is 2.60. The first kappa shape index (κ1) is 13.4. The van der Waals surface area contributed by atoms with E-state index in [4.69, 9.17) is 10.5 Å². The summed E-state index contributed by atoms with van der Waals surface area (Å²) in [6, 6.07) is 8.22. The summed E-state index contributed by atoms with van der Waals surface area (Å²) in [6.45, 7) is 3.49. The van der Waals surface area contributed by atoms with E-state index in [1.807, 2.05) is 19.2 Å². The van der Waals surface area contributed by atoms with Crippen molar-refractivity contribution in [1.29, 1.82) is 0 Å². The highest BCUT2D eigenvalue weighted by atomic mass is 16.5. The standard InChI is InChI=1S/C15H24N2O/c1-18-15-5-3-11-17(12-15)10-2-4-13-6-8-14(16)9-7-13/h6-9,15H,2-5,10-12,16H2,1H3. The zero-order valence-corrected chi connectivity index (χ0v) is 11.3. The van der Waals surface area contributed by atoms with Crippen molar-refractivity contribution in [3.63, 3.8) is 0 Å². The Hall–Kier alpha value is -1.06. The van der Waals surface area contributed by atoms with Crippen LogP contribution in [0.15, 0.2) is 24.3 Å². The number of aryl methyl sites for hydroxylation is 1. The summed E-state index contributed by atoms with van der Waals surface area (Å²) in [6.07, 6.45) is 5.26. The van der Waals surface area contributed by atoms with Crippen LogP contribution in [-0.2, 0) is 11.2 Å². The number of nitrogens with zero attached hydrogens (tertiary/aromatic N) is 1. The molecule has 0 bridgehead atoms. The van der Waals surface area contributed by atoms with Gasteiger partial charge in [-0.15, -0.1) is 0 Å². The highest BCUT2D eigenvalue weighted by Gasteiger charge is 2.18. The van der Waals surface area contributed by atoms with Gasteiger partial charge in [-0.2, -0.15) is 0 Å². The van der Waals surface area contributed by atoms with Crippen LogP contribution in [0.5, 0.6) is 0 Å². The van der Waals surface area contributed by atoms with Crippen molar-refractivity contribution in [2.24, 2.45) is 0 Å². The number of hydrogen-bond donors (Lipinski definition) is 1. The molecule has 0 aliphatic carbocycles. The van der Waals surface area contributed by atoms with E-state index in [1.54, 1.807) is 0 Å². The van der Waals surface area contributed by atoms with E-state index in [9.17, 15) is 0 Å². The van der Waals surface area contributed by atoms with Crippen molar-refractivity contribution in [2.75, 3.05) is 32.5 Å². The molecule has 0 radical (unpaired) electrons.